The third kappa shape index (κ3) is 2.31. The number of rotatable bonds is 3. The van der Waals surface area contributed by atoms with E-state index in [9.17, 15) is 4.21 Å². The highest BCUT2D eigenvalue weighted by Crippen LogP contribution is 2.33. The Bertz CT molecular complexity index is 396. The van der Waals surface area contributed by atoms with E-state index in [1.165, 1.54) is 0 Å². The molecule has 0 spiro atoms. The summed E-state index contributed by atoms with van der Waals surface area (Å²) in [5.41, 5.74) is 5.71. The van der Waals surface area contributed by atoms with Crippen LogP contribution in [0.1, 0.15) is 19.3 Å². The first-order chi connectivity index (χ1) is 7.74. The molecule has 3 unspecified atom stereocenters. The fourth-order valence-electron chi connectivity index (χ4n) is 2.33. The largest absolute Gasteiger partial charge is 0.330 e. The van der Waals surface area contributed by atoms with Gasteiger partial charge in [-0.2, -0.15) is 0 Å². The third-order valence-electron chi connectivity index (χ3n) is 3.22. The van der Waals surface area contributed by atoms with Crippen molar-refractivity contribution in [2.75, 3.05) is 6.54 Å². The first-order valence-corrected chi connectivity index (χ1v) is 7.18. The van der Waals surface area contributed by atoms with E-state index in [4.69, 9.17) is 17.3 Å². The number of halogens is 1. The van der Waals surface area contributed by atoms with Crippen LogP contribution in [0.25, 0.3) is 0 Å². The fourth-order valence-corrected chi connectivity index (χ4v) is 4.47. The zero-order chi connectivity index (χ0) is 11.5. The van der Waals surface area contributed by atoms with E-state index in [0.29, 0.717) is 17.5 Å². The molecule has 0 aromatic heterocycles. The van der Waals surface area contributed by atoms with Crippen LogP contribution in [0.4, 0.5) is 0 Å². The normalized spacial score (nSPS) is 26.9. The van der Waals surface area contributed by atoms with Crippen molar-refractivity contribution >= 4 is 22.4 Å². The lowest BCUT2D eigenvalue weighted by atomic mass is 10.1. The Morgan fingerprint density at radius 1 is 1.38 bits per heavy atom. The first kappa shape index (κ1) is 12.1. The van der Waals surface area contributed by atoms with Crippen LogP contribution < -0.4 is 5.73 Å². The molecule has 1 fully saturated rings. The van der Waals surface area contributed by atoms with Gasteiger partial charge in [0, 0.05) is 5.25 Å². The van der Waals surface area contributed by atoms with Crippen molar-refractivity contribution in [1.82, 2.24) is 0 Å². The van der Waals surface area contributed by atoms with E-state index in [1.54, 1.807) is 6.07 Å². The van der Waals surface area contributed by atoms with E-state index in [0.717, 1.165) is 24.2 Å². The number of hydrogen-bond donors (Lipinski definition) is 1. The smallest absolute Gasteiger partial charge is 0.0579 e. The number of hydrogen-bond acceptors (Lipinski definition) is 2. The van der Waals surface area contributed by atoms with Crippen LogP contribution in [0.2, 0.25) is 5.02 Å². The summed E-state index contributed by atoms with van der Waals surface area (Å²) in [5.74, 6) is 0.386. The van der Waals surface area contributed by atoms with Gasteiger partial charge in [-0.15, -0.1) is 0 Å². The van der Waals surface area contributed by atoms with Crippen LogP contribution in [0.5, 0.6) is 0 Å². The zero-order valence-electron chi connectivity index (χ0n) is 9.06. The van der Waals surface area contributed by atoms with Crippen LogP contribution >= 0.6 is 11.6 Å². The Kier molecular flexibility index (Phi) is 4.00. The van der Waals surface area contributed by atoms with Crippen molar-refractivity contribution in [2.45, 2.75) is 29.4 Å². The predicted octanol–water partition coefficient (Wildman–Crippen LogP) is 2.58. The summed E-state index contributed by atoms with van der Waals surface area (Å²) in [6, 6.07) is 7.38. The minimum absolute atomic E-state index is 0.185. The minimum Gasteiger partial charge on any atom is -0.330 e. The molecule has 1 aliphatic carbocycles. The van der Waals surface area contributed by atoms with E-state index in [1.807, 2.05) is 18.2 Å². The maximum absolute atomic E-state index is 12.4. The molecular weight excluding hydrogens is 242 g/mol. The lowest BCUT2D eigenvalue weighted by Crippen LogP contribution is -2.26. The molecule has 3 atom stereocenters. The Balaban J connectivity index is 2.22. The van der Waals surface area contributed by atoms with E-state index >= 15 is 0 Å². The fraction of sp³-hybridized carbons (Fsp3) is 0.500. The summed E-state index contributed by atoms with van der Waals surface area (Å²) in [6.07, 6.45) is 3.22. The summed E-state index contributed by atoms with van der Waals surface area (Å²) >= 11 is 6.06. The maximum atomic E-state index is 12.4. The molecule has 0 amide bonds. The summed E-state index contributed by atoms with van der Waals surface area (Å²) in [6.45, 7) is 0.626. The highest BCUT2D eigenvalue weighted by Gasteiger charge is 2.32. The van der Waals surface area contributed by atoms with Crippen molar-refractivity contribution < 1.29 is 4.21 Å². The second-order valence-electron chi connectivity index (χ2n) is 4.19. The Morgan fingerprint density at radius 3 is 2.81 bits per heavy atom. The van der Waals surface area contributed by atoms with Crippen molar-refractivity contribution in [3.05, 3.63) is 29.3 Å². The molecule has 88 valence electrons. The van der Waals surface area contributed by atoms with Gasteiger partial charge in [0.1, 0.15) is 0 Å². The van der Waals surface area contributed by atoms with Gasteiger partial charge in [-0.25, -0.2) is 0 Å². The highest BCUT2D eigenvalue weighted by atomic mass is 35.5. The molecule has 0 aliphatic heterocycles. The SMILES string of the molecule is NCC1CCCC1S(=O)c1ccccc1Cl. The van der Waals surface area contributed by atoms with Gasteiger partial charge in [0.25, 0.3) is 0 Å². The van der Waals surface area contributed by atoms with Crippen LogP contribution in [0.15, 0.2) is 29.2 Å². The second-order valence-corrected chi connectivity index (χ2v) is 6.24. The van der Waals surface area contributed by atoms with E-state index in [2.05, 4.69) is 0 Å². The molecule has 1 aliphatic rings. The summed E-state index contributed by atoms with van der Waals surface area (Å²) in [7, 11) is -1.01. The standard InChI is InChI=1S/C12H16ClNOS/c13-10-5-1-2-6-12(10)16(15)11-7-3-4-9(11)8-14/h1-2,5-6,9,11H,3-4,7-8,14H2. The van der Waals surface area contributed by atoms with Crippen molar-refractivity contribution in [3.8, 4) is 0 Å². The second kappa shape index (κ2) is 5.30. The average Bonchev–Trinajstić information content (AvgIpc) is 2.77. The van der Waals surface area contributed by atoms with Gasteiger partial charge in [0.15, 0.2) is 0 Å². The number of nitrogens with two attached hydrogens (primary N) is 1. The van der Waals surface area contributed by atoms with Gasteiger partial charge in [-0.3, -0.25) is 4.21 Å². The molecule has 0 radical (unpaired) electrons. The van der Waals surface area contributed by atoms with Crippen LogP contribution in [0.3, 0.4) is 0 Å². The van der Waals surface area contributed by atoms with Crippen molar-refractivity contribution in [1.29, 1.82) is 0 Å². The van der Waals surface area contributed by atoms with E-state index < -0.39 is 10.8 Å². The molecule has 16 heavy (non-hydrogen) atoms. The van der Waals surface area contributed by atoms with Crippen molar-refractivity contribution in [3.63, 3.8) is 0 Å². The topological polar surface area (TPSA) is 43.1 Å². The molecule has 2 N–H and O–H groups in total. The zero-order valence-corrected chi connectivity index (χ0v) is 10.6. The first-order valence-electron chi connectivity index (χ1n) is 5.59. The molecule has 1 aromatic rings. The lowest BCUT2D eigenvalue weighted by molar-refractivity contribution is 0.558. The van der Waals surface area contributed by atoms with Gasteiger partial charge in [-0.1, -0.05) is 30.2 Å². The molecule has 1 aromatic carbocycles. The lowest BCUT2D eigenvalue weighted by Gasteiger charge is -2.17. The predicted molar refractivity (Wildman–Crippen MR) is 68.0 cm³/mol. The highest BCUT2D eigenvalue weighted by molar-refractivity contribution is 7.85. The Labute approximate surface area is 104 Å². The van der Waals surface area contributed by atoms with Crippen molar-refractivity contribution in [2.24, 2.45) is 11.7 Å². The van der Waals surface area contributed by atoms with Gasteiger partial charge in [-0.05, 0) is 37.4 Å². The molecule has 4 heteroatoms. The molecular formula is C12H16ClNOS. The van der Waals surface area contributed by atoms with Gasteiger partial charge in [0.2, 0.25) is 0 Å². The van der Waals surface area contributed by atoms with Gasteiger partial charge in [0.05, 0.1) is 20.7 Å². The maximum Gasteiger partial charge on any atom is 0.0579 e. The van der Waals surface area contributed by atoms with Gasteiger partial charge >= 0.3 is 0 Å². The monoisotopic (exact) mass is 257 g/mol. The molecule has 0 saturated heterocycles. The molecule has 0 bridgehead atoms. The van der Waals surface area contributed by atoms with E-state index in [-0.39, 0.29) is 5.25 Å². The molecule has 0 heterocycles. The Morgan fingerprint density at radius 2 is 2.12 bits per heavy atom. The third-order valence-corrected chi connectivity index (χ3v) is 5.62. The number of benzene rings is 1. The molecule has 2 rings (SSSR count). The molecule has 2 nitrogen and oxygen atoms in total. The minimum atomic E-state index is -1.01. The van der Waals surface area contributed by atoms with Gasteiger partial charge < -0.3 is 5.73 Å². The summed E-state index contributed by atoms with van der Waals surface area (Å²) in [5, 5.41) is 0.786. The van der Waals surface area contributed by atoms with Crippen LogP contribution in [-0.2, 0) is 10.8 Å². The van der Waals surface area contributed by atoms with Crippen LogP contribution in [0, 0.1) is 5.92 Å². The Hall–Kier alpha value is -0.380. The summed E-state index contributed by atoms with van der Waals surface area (Å²) in [4.78, 5) is 0.759. The van der Waals surface area contributed by atoms with Crippen LogP contribution in [-0.4, -0.2) is 16.0 Å². The average molecular weight is 258 g/mol. The summed E-state index contributed by atoms with van der Waals surface area (Å²) < 4.78 is 12.4. The quantitative estimate of drug-likeness (QED) is 0.905. The molecule has 1 saturated carbocycles.